The normalized spacial score (nSPS) is 11.6. The lowest BCUT2D eigenvalue weighted by molar-refractivity contribution is -0.145. The molecule has 3 N–H and O–H groups in total. The maximum Gasteiger partial charge on any atom is 0.305 e. The fourth-order valence-corrected chi connectivity index (χ4v) is 5.60. The number of halogens is 1. The van der Waals surface area contributed by atoms with Gasteiger partial charge in [-0.05, 0) is 61.6 Å². The molecule has 0 saturated carbocycles. The van der Waals surface area contributed by atoms with Crippen LogP contribution in [0.25, 0.3) is 10.2 Å². The molecule has 1 amide bonds. The maximum absolute atomic E-state index is 13.2. The van der Waals surface area contributed by atoms with Crippen LogP contribution in [-0.4, -0.2) is 59.7 Å². The second kappa shape index (κ2) is 15.2. The fraction of sp³-hybridized carbons (Fsp3) is 0.500. The number of carbonyl (C=O) groups is 2. The van der Waals surface area contributed by atoms with Crippen molar-refractivity contribution in [3.8, 4) is 5.75 Å². The number of aromatic nitrogens is 1. The number of esters is 1. The maximum atomic E-state index is 13.2. The van der Waals surface area contributed by atoms with Gasteiger partial charge in [0.15, 0.2) is 0 Å². The van der Waals surface area contributed by atoms with Gasteiger partial charge in [-0.25, -0.2) is 0 Å². The molecule has 0 aliphatic heterocycles. The van der Waals surface area contributed by atoms with Gasteiger partial charge in [0.25, 0.3) is 0 Å². The van der Waals surface area contributed by atoms with Crippen LogP contribution in [0, 0.1) is 5.41 Å². The Labute approximate surface area is 244 Å². The topological polar surface area (TPSA) is 112 Å². The smallest absolute Gasteiger partial charge is 0.305 e. The van der Waals surface area contributed by atoms with Gasteiger partial charge in [0.1, 0.15) is 11.3 Å². The number of aryl methyl sites for hydroxylation is 1. The van der Waals surface area contributed by atoms with E-state index < -0.39 is 0 Å². The van der Waals surface area contributed by atoms with Gasteiger partial charge < -0.3 is 25.0 Å². The molecule has 40 heavy (non-hydrogen) atoms. The molecule has 1 aromatic heterocycles. The quantitative estimate of drug-likeness (QED) is 0.154. The van der Waals surface area contributed by atoms with E-state index in [-0.39, 0.29) is 34.5 Å². The van der Waals surface area contributed by atoms with Crippen LogP contribution < -0.4 is 10.2 Å². The highest BCUT2D eigenvalue weighted by Gasteiger charge is 2.26. The summed E-state index contributed by atoms with van der Waals surface area (Å²) in [6, 6.07) is 11.3. The monoisotopic (exact) mass is 589 g/mol. The van der Waals surface area contributed by atoms with Gasteiger partial charge in [-0.1, -0.05) is 61.4 Å². The largest absolute Gasteiger partial charge is 0.506 e. The van der Waals surface area contributed by atoms with Crippen molar-refractivity contribution in [3.05, 3.63) is 62.2 Å². The Morgan fingerprint density at radius 3 is 2.55 bits per heavy atom. The summed E-state index contributed by atoms with van der Waals surface area (Å²) in [5.74, 6) is -0.166. The SMILES string of the molecule is CC(=O)OCC(C)(C)CN(CCCCCc1ccc(O)c2[nH]c(=O)sc12)C(=O)CCNCCc1ccc(Cl)cc1. The molecule has 0 radical (unpaired) electrons. The number of phenols is 1. The third kappa shape index (κ3) is 10.3. The van der Waals surface area contributed by atoms with Crippen LogP contribution in [0.15, 0.2) is 41.2 Å². The molecule has 0 spiro atoms. The molecule has 3 rings (SSSR count). The predicted octanol–water partition coefficient (Wildman–Crippen LogP) is 5.30. The van der Waals surface area contributed by atoms with E-state index in [0.29, 0.717) is 31.6 Å². The summed E-state index contributed by atoms with van der Waals surface area (Å²) in [7, 11) is 0. The van der Waals surface area contributed by atoms with E-state index in [9.17, 15) is 19.5 Å². The fourth-order valence-electron chi connectivity index (χ4n) is 4.58. The summed E-state index contributed by atoms with van der Waals surface area (Å²) in [6.45, 7) is 8.12. The van der Waals surface area contributed by atoms with Gasteiger partial charge in [0.2, 0.25) is 5.91 Å². The number of carbonyl (C=O) groups excluding carboxylic acids is 2. The zero-order chi connectivity index (χ0) is 29.1. The van der Waals surface area contributed by atoms with Gasteiger partial charge in [-0.15, -0.1) is 0 Å². The zero-order valence-corrected chi connectivity index (χ0v) is 25.1. The molecule has 0 aliphatic carbocycles. The van der Waals surface area contributed by atoms with E-state index in [1.807, 2.05) is 49.1 Å². The van der Waals surface area contributed by atoms with Crippen LogP contribution in [0.2, 0.25) is 5.02 Å². The highest BCUT2D eigenvalue weighted by atomic mass is 35.5. The Kier molecular flexibility index (Phi) is 12.0. The second-order valence-corrected chi connectivity index (χ2v) is 12.3. The number of ether oxygens (including phenoxy) is 1. The van der Waals surface area contributed by atoms with Crippen LogP contribution in [0.5, 0.6) is 5.75 Å². The Bertz CT molecular complexity index is 1320. The minimum atomic E-state index is -0.368. The van der Waals surface area contributed by atoms with Gasteiger partial charge >= 0.3 is 10.8 Å². The molecule has 0 fully saturated rings. The Morgan fingerprint density at radius 2 is 1.82 bits per heavy atom. The summed E-state index contributed by atoms with van der Waals surface area (Å²) < 4.78 is 6.05. The van der Waals surface area contributed by atoms with Crippen molar-refractivity contribution in [2.24, 2.45) is 5.41 Å². The molecule has 218 valence electrons. The number of thiazole rings is 1. The number of unbranched alkanes of at least 4 members (excludes halogenated alkanes) is 2. The number of nitrogens with one attached hydrogen (secondary N) is 2. The van der Waals surface area contributed by atoms with Crippen LogP contribution in [0.3, 0.4) is 0 Å². The lowest BCUT2D eigenvalue weighted by atomic mass is 9.93. The Morgan fingerprint density at radius 1 is 1.07 bits per heavy atom. The van der Waals surface area contributed by atoms with Gasteiger partial charge in [0.05, 0.1) is 11.3 Å². The molecule has 1 heterocycles. The molecule has 0 aliphatic rings. The first kappa shape index (κ1) is 31.6. The minimum absolute atomic E-state index is 0.0761. The van der Waals surface area contributed by atoms with Crippen molar-refractivity contribution in [1.82, 2.24) is 15.2 Å². The van der Waals surface area contributed by atoms with Crippen LogP contribution in [0.4, 0.5) is 0 Å². The van der Waals surface area contributed by atoms with Crippen molar-refractivity contribution < 1.29 is 19.4 Å². The minimum Gasteiger partial charge on any atom is -0.506 e. The Hall–Kier alpha value is -2.88. The summed E-state index contributed by atoms with van der Waals surface area (Å²) in [4.78, 5) is 40.7. The third-order valence-electron chi connectivity index (χ3n) is 6.67. The molecule has 0 saturated heterocycles. The first-order chi connectivity index (χ1) is 19.0. The number of benzene rings is 2. The summed E-state index contributed by atoms with van der Waals surface area (Å²) in [6.07, 6.45) is 4.68. The molecule has 2 aromatic carbocycles. The number of H-pyrrole nitrogens is 1. The van der Waals surface area contributed by atoms with Crippen molar-refractivity contribution in [1.29, 1.82) is 0 Å². The number of hydrogen-bond donors (Lipinski definition) is 3. The predicted molar refractivity (Wildman–Crippen MR) is 161 cm³/mol. The van der Waals surface area contributed by atoms with Gasteiger partial charge in [-0.2, -0.15) is 0 Å². The molecule has 0 bridgehead atoms. The first-order valence-electron chi connectivity index (χ1n) is 13.7. The van der Waals surface area contributed by atoms with E-state index in [0.717, 1.165) is 65.3 Å². The molecule has 0 unspecified atom stereocenters. The molecule has 10 heteroatoms. The van der Waals surface area contributed by atoms with Crippen molar-refractivity contribution in [3.63, 3.8) is 0 Å². The van der Waals surface area contributed by atoms with Crippen LogP contribution in [0.1, 0.15) is 57.6 Å². The number of aromatic amines is 1. The van der Waals surface area contributed by atoms with Crippen molar-refractivity contribution >= 4 is 45.0 Å². The lowest BCUT2D eigenvalue weighted by Gasteiger charge is -2.32. The molecular weight excluding hydrogens is 550 g/mol. The van der Waals surface area contributed by atoms with E-state index >= 15 is 0 Å². The molecule has 0 atom stereocenters. The highest BCUT2D eigenvalue weighted by Crippen LogP contribution is 2.29. The number of aromatic hydroxyl groups is 1. The number of nitrogens with zero attached hydrogens (tertiary/aromatic N) is 1. The van der Waals surface area contributed by atoms with Crippen molar-refractivity contribution in [2.75, 3.05) is 32.8 Å². The number of phenolic OH excluding ortho intramolecular Hbond substituents is 1. The van der Waals surface area contributed by atoms with E-state index in [4.69, 9.17) is 16.3 Å². The average Bonchev–Trinajstić information content (AvgIpc) is 3.31. The summed E-state index contributed by atoms with van der Waals surface area (Å²) >= 11 is 7.07. The molecular formula is C30H40ClN3O5S. The number of hydrogen-bond acceptors (Lipinski definition) is 7. The van der Waals surface area contributed by atoms with Gasteiger partial charge in [-0.3, -0.25) is 14.4 Å². The third-order valence-corrected chi connectivity index (χ3v) is 7.88. The standard InChI is InChI=1S/C30H40ClN3O5S/c1-21(35)39-20-30(2,3)19-34(26(37)15-17-32-16-14-22-8-11-24(31)12-9-22)18-6-4-5-7-23-10-13-25(36)27-28(23)40-29(38)33-27/h8-13,32,36H,4-7,14-20H2,1-3H3,(H,33,38). The van der Waals surface area contributed by atoms with Crippen LogP contribution in [-0.2, 0) is 27.2 Å². The zero-order valence-electron chi connectivity index (χ0n) is 23.6. The number of rotatable bonds is 16. The number of amides is 1. The second-order valence-electron chi connectivity index (χ2n) is 10.9. The lowest BCUT2D eigenvalue weighted by Crippen LogP contribution is -2.42. The molecule has 3 aromatic rings. The number of fused-ring (bicyclic) bond motifs is 1. The van der Waals surface area contributed by atoms with E-state index in [2.05, 4.69) is 10.3 Å². The average molecular weight is 590 g/mol. The summed E-state index contributed by atoms with van der Waals surface area (Å²) in [5.41, 5.74) is 2.36. The van der Waals surface area contributed by atoms with E-state index in [1.165, 1.54) is 12.5 Å². The summed E-state index contributed by atoms with van der Waals surface area (Å²) in [5, 5.41) is 14.1. The first-order valence-corrected chi connectivity index (χ1v) is 14.9. The van der Waals surface area contributed by atoms with E-state index in [1.54, 1.807) is 6.07 Å². The van der Waals surface area contributed by atoms with Gasteiger partial charge in [0, 0.05) is 43.4 Å². The van der Waals surface area contributed by atoms with Crippen LogP contribution >= 0.6 is 22.9 Å². The van der Waals surface area contributed by atoms with Crippen molar-refractivity contribution in [2.45, 2.75) is 59.3 Å². The molecule has 8 nitrogen and oxygen atoms in total. The highest BCUT2D eigenvalue weighted by molar-refractivity contribution is 7.16. The Balaban J connectivity index is 1.49.